The van der Waals surface area contributed by atoms with Crippen molar-refractivity contribution in [3.05, 3.63) is 65.7 Å². The lowest BCUT2D eigenvalue weighted by atomic mass is 9.88. The van der Waals surface area contributed by atoms with Crippen LogP contribution >= 0.6 is 0 Å². The summed E-state index contributed by atoms with van der Waals surface area (Å²) in [7, 11) is 0. The predicted molar refractivity (Wildman–Crippen MR) is 99.9 cm³/mol. The van der Waals surface area contributed by atoms with Crippen LogP contribution in [0.4, 0.5) is 13.6 Å². The standard InChI is InChI=1S/C21H20F2N2O4/c22-19(23)29-17-9-5-4-8-16(17)18(26)24-10-11-25-20(27)28-14-21(25,13-24)12-15-6-2-1-3-7-15/h1-9,19H,10-14H2. The smallest absolute Gasteiger partial charge is 0.410 e. The second-order valence-electron chi connectivity index (χ2n) is 7.19. The molecule has 4 rings (SSSR count). The molecule has 2 aliphatic heterocycles. The highest BCUT2D eigenvalue weighted by atomic mass is 19.3. The number of cyclic esters (lactones) is 1. The van der Waals surface area contributed by atoms with E-state index in [1.165, 1.54) is 18.2 Å². The molecule has 2 aromatic rings. The Morgan fingerprint density at radius 1 is 1.10 bits per heavy atom. The molecule has 2 heterocycles. The van der Waals surface area contributed by atoms with Crippen LogP contribution in [0.15, 0.2) is 54.6 Å². The van der Waals surface area contributed by atoms with E-state index < -0.39 is 24.2 Å². The molecule has 0 spiro atoms. The first-order valence-electron chi connectivity index (χ1n) is 9.30. The molecule has 0 saturated carbocycles. The van der Waals surface area contributed by atoms with Crippen LogP contribution in [-0.4, -0.2) is 60.2 Å². The van der Waals surface area contributed by atoms with Gasteiger partial charge in [-0.25, -0.2) is 4.79 Å². The minimum atomic E-state index is -3.02. The number of carbonyl (C=O) groups excluding carboxylic acids is 2. The van der Waals surface area contributed by atoms with Crippen LogP contribution in [0.1, 0.15) is 15.9 Å². The zero-order valence-electron chi connectivity index (χ0n) is 15.6. The Bertz CT molecular complexity index is 909. The van der Waals surface area contributed by atoms with Crippen molar-refractivity contribution in [3.63, 3.8) is 0 Å². The van der Waals surface area contributed by atoms with Crippen molar-refractivity contribution in [3.8, 4) is 5.75 Å². The van der Waals surface area contributed by atoms with Crippen LogP contribution in [0.3, 0.4) is 0 Å². The maximum Gasteiger partial charge on any atom is 0.410 e. The van der Waals surface area contributed by atoms with E-state index in [4.69, 9.17) is 4.74 Å². The van der Waals surface area contributed by atoms with Gasteiger partial charge in [0.15, 0.2) is 0 Å². The molecule has 2 amide bonds. The number of ether oxygens (including phenoxy) is 2. The normalized spacial score (nSPS) is 21.1. The summed E-state index contributed by atoms with van der Waals surface area (Å²) < 4.78 is 35.3. The van der Waals surface area contributed by atoms with Crippen LogP contribution in [0, 0.1) is 0 Å². The summed E-state index contributed by atoms with van der Waals surface area (Å²) in [5.74, 6) is -0.571. The Kier molecular flexibility index (Phi) is 5.08. The van der Waals surface area contributed by atoms with Gasteiger partial charge in [0.2, 0.25) is 0 Å². The lowest BCUT2D eigenvalue weighted by molar-refractivity contribution is -0.0504. The van der Waals surface area contributed by atoms with Gasteiger partial charge in [-0.3, -0.25) is 9.69 Å². The van der Waals surface area contributed by atoms with Gasteiger partial charge < -0.3 is 14.4 Å². The molecule has 0 aliphatic carbocycles. The number of rotatable bonds is 5. The highest BCUT2D eigenvalue weighted by Crippen LogP contribution is 2.33. The first-order valence-corrected chi connectivity index (χ1v) is 9.30. The molecule has 0 N–H and O–H groups in total. The van der Waals surface area contributed by atoms with Gasteiger partial charge in [0.05, 0.1) is 5.56 Å². The van der Waals surface area contributed by atoms with E-state index in [1.807, 2.05) is 30.3 Å². The Balaban J connectivity index is 1.60. The number of fused-ring (bicyclic) bond motifs is 1. The number of hydrogen-bond acceptors (Lipinski definition) is 4. The number of piperazine rings is 1. The molecule has 6 nitrogen and oxygen atoms in total. The molecular weight excluding hydrogens is 382 g/mol. The summed E-state index contributed by atoms with van der Waals surface area (Å²) >= 11 is 0. The fourth-order valence-corrected chi connectivity index (χ4v) is 4.02. The third-order valence-corrected chi connectivity index (χ3v) is 5.33. The van der Waals surface area contributed by atoms with Crippen molar-refractivity contribution in [2.75, 3.05) is 26.2 Å². The van der Waals surface area contributed by atoms with Crippen molar-refractivity contribution in [1.82, 2.24) is 9.80 Å². The van der Waals surface area contributed by atoms with Gasteiger partial charge in [0, 0.05) is 26.1 Å². The summed E-state index contributed by atoms with van der Waals surface area (Å²) in [6.45, 7) is -2.01. The van der Waals surface area contributed by atoms with Crippen molar-refractivity contribution in [1.29, 1.82) is 0 Å². The number of carbonyl (C=O) groups is 2. The average molecular weight is 402 g/mol. The Hall–Kier alpha value is -3.16. The quantitative estimate of drug-likeness (QED) is 0.771. The number of nitrogens with zero attached hydrogens (tertiary/aromatic N) is 2. The third kappa shape index (κ3) is 3.74. The molecule has 2 saturated heterocycles. The van der Waals surface area contributed by atoms with Crippen LogP contribution in [0.2, 0.25) is 0 Å². The fourth-order valence-electron chi connectivity index (χ4n) is 4.02. The highest BCUT2D eigenvalue weighted by molar-refractivity contribution is 5.97. The minimum absolute atomic E-state index is 0.0707. The zero-order valence-corrected chi connectivity index (χ0v) is 15.6. The molecule has 29 heavy (non-hydrogen) atoms. The third-order valence-electron chi connectivity index (χ3n) is 5.33. The SMILES string of the molecule is O=C(c1ccccc1OC(F)F)N1CCN2C(=O)OCC2(Cc2ccccc2)C1. The molecule has 8 heteroatoms. The molecule has 0 radical (unpaired) electrons. The number of alkyl halides is 2. The molecule has 2 aliphatic rings. The lowest BCUT2D eigenvalue weighted by Gasteiger charge is -2.44. The van der Waals surface area contributed by atoms with E-state index in [-0.39, 0.29) is 31.0 Å². The van der Waals surface area contributed by atoms with E-state index in [0.29, 0.717) is 13.0 Å². The van der Waals surface area contributed by atoms with E-state index in [0.717, 1.165) is 5.56 Å². The molecule has 1 atom stereocenters. The van der Waals surface area contributed by atoms with Crippen LogP contribution in [0.5, 0.6) is 5.75 Å². The van der Waals surface area contributed by atoms with Crippen LogP contribution < -0.4 is 4.74 Å². The van der Waals surface area contributed by atoms with Crippen molar-refractivity contribution < 1.29 is 27.8 Å². The molecule has 152 valence electrons. The Morgan fingerprint density at radius 3 is 2.59 bits per heavy atom. The molecule has 1 unspecified atom stereocenters. The van der Waals surface area contributed by atoms with Gasteiger partial charge in [-0.2, -0.15) is 8.78 Å². The second-order valence-corrected chi connectivity index (χ2v) is 7.19. The lowest BCUT2D eigenvalue weighted by Crippen LogP contribution is -2.63. The highest BCUT2D eigenvalue weighted by Gasteiger charge is 2.51. The van der Waals surface area contributed by atoms with Crippen LogP contribution in [-0.2, 0) is 11.2 Å². The number of benzene rings is 2. The number of halogens is 2. The summed E-state index contributed by atoms with van der Waals surface area (Å²) in [5.41, 5.74) is 0.401. The maximum absolute atomic E-state index is 13.1. The largest absolute Gasteiger partial charge is 0.447 e. The Morgan fingerprint density at radius 2 is 1.83 bits per heavy atom. The van der Waals surface area contributed by atoms with Gasteiger partial charge in [-0.1, -0.05) is 42.5 Å². The molecule has 0 aromatic heterocycles. The Labute approximate surface area is 166 Å². The first-order chi connectivity index (χ1) is 14.0. The van der Waals surface area contributed by atoms with E-state index in [9.17, 15) is 18.4 Å². The molecule has 0 bridgehead atoms. The molecule has 2 aromatic carbocycles. The van der Waals surface area contributed by atoms with Gasteiger partial charge in [-0.05, 0) is 17.7 Å². The summed E-state index contributed by atoms with van der Waals surface area (Å²) in [6.07, 6.45) is 0.132. The maximum atomic E-state index is 13.1. The minimum Gasteiger partial charge on any atom is -0.447 e. The van der Waals surface area contributed by atoms with Crippen LogP contribution in [0.25, 0.3) is 0 Å². The van der Waals surface area contributed by atoms with Gasteiger partial charge in [-0.15, -0.1) is 0 Å². The average Bonchev–Trinajstić information content (AvgIpc) is 3.04. The zero-order chi connectivity index (χ0) is 20.4. The van der Waals surface area contributed by atoms with Gasteiger partial charge in [0.1, 0.15) is 17.9 Å². The first kappa shape index (κ1) is 19.2. The monoisotopic (exact) mass is 402 g/mol. The second kappa shape index (κ2) is 7.69. The van der Waals surface area contributed by atoms with E-state index >= 15 is 0 Å². The van der Waals surface area contributed by atoms with Crippen molar-refractivity contribution in [2.45, 2.75) is 18.6 Å². The van der Waals surface area contributed by atoms with E-state index in [1.54, 1.807) is 15.9 Å². The van der Waals surface area contributed by atoms with Gasteiger partial charge in [0.25, 0.3) is 5.91 Å². The number of hydrogen-bond donors (Lipinski definition) is 0. The number of amides is 2. The summed E-state index contributed by atoms with van der Waals surface area (Å²) in [5, 5.41) is 0. The predicted octanol–water partition coefficient (Wildman–Crippen LogP) is 3.18. The fraction of sp³-hybridized carbons (Fsp3) is 0.333. The summed E-state index contributed by atoms with van der Waals surface area (Å²) in [6, 6.07) is 15.6. The molecule has 2 fully saturated rings. The number of para-hydroxylation sites is 1. The topological polar surface area (TPSA) is 59.1 Å². The van der Waals surface area contributed by atoms with E-state index in [2.05, 4.69) is 4.74 Å². The summed E-state index contributed by atoms with van der Waals surface area (Å²) in [4.78, 5) is 28.6. The van der Waals surface area contributed by atoms with Gasteiger partial charge >= 0.3 is 12.7 Å². The molecular formula is C21H20F2N2O4. The van der Waals surface area contributed by atoms with Crippen molar-refractivity contribution >= 4 is 12.0 Å². The van der Waals surface area contributed by atoms with Crippen molar-refractivity contribution in [2.24, 2.45) is 0 Å².